The van der Waals surface area contributed by atoms with Gasteiger partial charge in [0.2, 0.25) is 10.0 Å². The largest absolute Gasteiger partial charge is 0.329 e. The first-order valence-corrected chi connectivity index (χ1v) is 7.15. The third-order valence-electron chi connectivity index (χ3n) is 2.57. The molecule has 0 bridgehead atoms. The second-order valence-electron chi connectivity index (χ2n) is 3.98. The third-order valence-corrected chi connectivity index (χ3v) is 5.01. The van der Waals surface area contributed by atoms with E-state index >= 15 is 0 Å². The Kier molecular flexibility index (Phi) is 4.94. The van der Waals surface area contributed by atoms with Gasteiger partial charge in [0, 0.05) is 25.2 Å². The fourth-order valence-electron chi connectivity index (χ4n) is 1.41. The quantitative estimate of drug-likeness (QED) is 0.885. The summed E-state index contributed by atoms with van der Waals surface area (Å²) >= 11 is 5.84. The molecular weight excluding hydrogens is 260 g/mol. The van der Waals surface area contributed by atoms with E-state index in [1.54, 1.807) is 32.2 Å². The minimum Gasteiger partial charge on any atom is -0.329 e. The zero-order chi connectivity index (χ0) is 13.1. The lowest BCUT2D eigenvalue weighted by Crippen LogP contribution is -2.38. The van der Waals surface area contributed by atoms with Crippen LogP contribution in [0.25, 0.3) is 0 Å². The SMILES string of the molecule is CC(CN)S(=O)(=O)N(C)Cc1cccc(Cl)c1. The molecule has 0 amide bonds. The smallest absolute Gasteiger partial charge is 0.218 e. The molecule has 6 heteroatoms. The molecule has 1 unspecified atom stereocenters. The van der Waals surface area contributed by atoms with E-state index in [1.807, 2.05) is 6.07 Å². The van der Waals surface area contributed by atoms with Crippen molar-refractivity contribution >= 4 is 21.6 Å². The predicted octanol–water partition coefficient (Wildman–Crippen LogP) is 1.45. The van der Waals surface area contributed by atoms with Crippen molar-refractivity contribution in [2.24, 2.45) is 5.73 Å². The van der Waals surface area contributed by atoms with Gasteiger partial charge >= 0.3 is 0 Å². The molecule has 0 aliphatic rings. The lowest BCUT2D eigenvalue weighted by atomic mass is 10.2. The zero-order valence-electron chi connectivity index (χ0n) is 9.93. The van der Waals surface area contributed by atoms with Crippen LogP contribution >= 0.6 is 11.6 Å². The van der Waals surface area contributed by atoms with E-state index in [0.29, 0.717) is 11.6 Å². The van der Waals surface area contributed by atoms with Gasteiger partial charge in [0.1, 0.15) is 0 Å². The summed E-state index contributed by atoms with van der Waals surface area (Å²) in [6.07, 6.45) is 0. The van der Waals surface area contributed by atoms with Crippen molar-refractivity contribution in [3.63, 3.8) is 0 Å². The van der Waals surface area contributed by atoms with Crippen molar-refractivity contribution in [2.45, 2.75) is 18.7 Å². The Bertz CT molecular complexity index is 476. The molecule has 0 radical (unpaired) electrons. The highest BCUT2D eigenvalue weighted by Crippen LogP contribution is 2.15. The summed E-state index contributed by atoms with van der Waals surface area (Å²) in [5, 5.41) is 0.0202. The van der Waals surface area contributed by atoms with Crippen LogP contribution in [0.3, 0.4) is 0 Å². The van der Waals surface area contributed by atoms with Gasteiger partial charge in [-0.25, -0.2) is 12.7 Å². The second kappa shape index (κ2) is 5.82. The fourth-order valence-corrected chi connectivity index (χ4v) is 2.81. The molecule has 0 fully saturated rings. The molecule has 1 aromatic carbocycles. The lowest BCUT2D eigenvalue weighted by molar-refractivity contribution is 0.457. The summed E-state index contributed by atoms with van der Waals surface area (Å²) in [4.78, 5) is 0. The van der Waals surface area contributed by atoms with Crippen molar-refractivity contribution in [1.29, 1.82) is 0 Å². The molecule has 1 rings (SSSR count). The van der Waals surface area contributed by atoms with Gasteiger partial charge in [-0.2, -0.15) is 0 Å². The number of nitrogens with two attached hydrogens (primary N) is 1. The first-order valence-electron chi connectivity index (χ1n) is 5.27. The van der Waals surface area contributed by atoms with Gasteiger partial charge in [-0.3, -0.25) is 0 Å². The molecule has 0 aromatic heterocycles. The molecule has 0 heterocycles. The van der Waals surface area contributed by atoms with Crippen LogP contribution in [0.4, 0.5) is 0 Å². The Labute approximate surface area is 107 Å². The van der Waals surface area contributed by atoms with E-state index < -0.39 is 15.3 Å². The molecule has 0 saturated carbocycles. The van der Waals surface area contributed by atoms with Crippen LogP contribution in [0, 0.1) is 0 Å². The Morgan fingerprint density at radius 3 is 2.65 bits per heavy atom. The predicted molar refractivity (Wildman–Crippen MR) is 70.4 cm³/mol. The Hall–Kier alpha value is -0.620. The Morgan fingerprint density at radius 2 is 2.12 bits per heavy atom. The number of halogens is 1. The summed E-state index contributed by atoms with van der Waals surface area (Å²) in [6, 6.07) is 7.14. The molecule has 1 aromatic rings. The molecule has 0 aliphatic heterocycles. The van der Waals surface area contributed by atoms with Gasteiger partial charge in [-0.05, 0) is 24.6 Å². The number of benzene rings is 1. The van der Waals surface area contributed by atoms with Crippen LogP contribution in [-0.2, 0) is 16.6 Å². The Morgan fingerprint density at radius 1 is 1.47 bits per heavy atom. The number of nitrogens with zero attached hydrogens (tertiary/aromatic N) is 1. The number of sulfonamides is 1. The van der Waals surface area contributed by atoms with Gasteiger partial charge in [-0.15, -0.1) is 0 Å². The standard InChI is InChI=1S/C11H17ClN2O2S/c1-9(7-13)17(15,16)14(2)8-10-4-3-5-11(12)6-10/h3-6,9H,7-8,13H2,1-2H3. The van der Waals surface area contributed by atoms with E-state index in [-0.39, 0.29) is 6.54 Å². The van der Waals surface area contributed by atoms with E-state index in [4.69, 9.17) is 17.3 Å². The molecule has 0 saturated heterocycles. The first-order chi connectivity index (χ1) is 7.87. The van der Waals surface area contributed by atoms with Crippen LogP contribution in [-0.4, -0.2) is 31.6 Å². The number of hydrogen-bond acceptors (Lipinski definition) is 3. The molecular formula is C11H17ClN2O2S. The van der Waals surface area contributed by atoms with Crippen LogP contribution in [0.5, 0.6) is 0 Å². The van der Waals surface area contributed by atoms with Crippen LogP contribution in [0.15, 0.2) is 24.3 Å². The molecule has 2 N–H and O–H groups in total. The maximum absolute atomic E-state index is 12.0. The topological polar surface area (TPSA) is 63.4 Å². The lowest BCUT2D eigenvalue weighted by Gasteiger charge is -2.21. The minimum atomic E-state index is -3.33. The van der Waals surface area contributed by atoms with Crippen LogP contribution in [0.1, 0.15) is 12.5 Å². The normalized spacial score (nSPS) is 13.9. The van der Waals surface area contributed by atoms with Gasteiger partial charge in [0.05, 0.1) is 5.25 Å². The maximum atomic E-state index is 12.0. The van der Waals surface area contributed by atoms with Crippen LogP contribution in [0.2, 0.25) is 5.02 Å². The van der Waals surface area contributed by atoms with Crippen molar-refractivity contribution in [1.82, 2.24) is 4.31 Å². The summed E-state index contributed by atoms with van der Waals surface area (Å²) in [5.74, 6) is 0. The van der Waals surface area contributed by atoms with Crippen molar-refractivity contribution < 1.29 is 8.42 Å². The maximum Gasteiger partial charge on any atom is 0.218 e. The first kappa shape index (κ1) is 14.4. The molecule has 0 spiro atoms. The van der Waals surface area contributed by atoms with Crippen LogP contribution < -0.4 is 5.73 Å². The van der Waals surface area contributed by atoms with Crippen molar-refractivity contribution in [3.05, 3.63) is 34.9 Å². The number of hydrogen-bond donors (Lipinski definition) is 1. The monoisotopic (exact) mass is 276 g/mol. The van der Waals surface area contributed by atoms with Gasteiger partial charge in [0.25, 0.3) is 0 Å². The summed E-state index contributed by atoms with van der Waals surface area (Å²) in [6.45, 7) is 2.01. The average Bonchev–Trinajstić information content (AvgIpc) is 2.27. The van der Waals surface area contributed by atoms with E-state index in [9.17, 15) is 8.42 Å². The fraction of sp³-hybridized carbons (Fsp3) is 0.455. The van der Waals surface area contributed by atoms with Crippen molar-refractivity contribution in [2.75, 3.05) is 13.6 Å². The number of rotatable bonds is 5. The summed E-state index contributed by atoms with van der Waals surface area (Å²) in [5.41, 5.74) is 6.24. The van der Waals surface area contributed by atoms with E-state index in [0.717, 1.165) is 5.56 Å². The van der Waals surface area contributed by atoms with E-state index in [1.165, 1.54) is 4.31 Å². The highest BCUT2D eigenvalue weighted by Gasteiger charge is 2.24. The molecule has 96 valence electrons. The second-order valence-corrected chi connectivity index (χ2v) is 6.87. The highest BCUT2D eigenvalue weighted by atomic mass is 35.5. The average molecular weight is 277 g/mol. The van der Waals surface area contributed by atoms with Gasteiger partial charge < -0.3 is 5.73 Å². The molecule has 4 nitrogen and oxygen atoms in total. The Balaban J connectivity index is 2.83. The minimum absolute atomic E-state index is 0.113. The van der Waals surface area contributed by atoms with Crippen molar-refractivity contribution in [3.8, 4) is 0 Å². The summed E-state index contributed by atoms with van der Waals surface area (Å²) in [7, 11) is -1.79. The molecule has 1 atom stereocenters. The zero-order valence-corrected chi connectivity index (χ0v) is 11.5. The molecule has 17 heavy (non-hydrogen) atoms. The van der Waals surface area contributed by atoms with Gasteiger partial charge in [-0.1, -0.05) is 23.7 Å². The molecule has 0 aliphatic carbocycles. The third kappa shape index (κ3) is 3.67. The van der Waals surface area contributed by atoms with E-state index in [2.05, 4.69) is 0 Å². The highest BCUT2D eigenvalue weighted by molar-refractivity contribution is 7.89. The summed E-state index contributed by atoms with van der Waals surface area (Å²) < 4.78 is 25.2. The van der Waals surface area contributed by atoms with Gasteiger partial charge in [0.15, 0.2) is 0 Å².